The fourth-order valence-electron chi connectivity index (χ4n) is 2.33. The Morgan fingerprint density at radius 3 is 2.71 bits per heavy atom. The largest absolute Gasteiger partial charge is 0.381 e. The highest BCUT2D eigenvalue weighted by atomic mass is 79.9. The van der Waals surface area contributed by atoms with Gasteiger partial charge in [-0.1, -0.05) is 6.07 Å². The van der Waals surface area contributed by atoms with Gasteiger partial charge >= 0.3 is 0 Å². The molecule has 0 radical (unpaired) electrons. The fraction of sp³-hybridized carbons (Fsp3) is 0.538. The minimum Gasteiger partial charge on any atom is -0.381 e. The number of anilines is 1. The molecule has 2 unspecified atom stereocenters. The van der Waals surface area contributed by atoms with Gasteiger partial charge in [-0.3, -0.25) is 0 Å². The van der Waals surface area contributed by atoms with Crippen molar-refractivity contribution in [3.8, 4) is 0 Å². The zero-order valence-electron chi connectivity index (χ0n) is 9.97. The van der Waals surface area contributed by atoms with Crippen molar-refractivity contribution in [2.45, 2.75) is 38.3 Å². The van der Waals surface area contributed by atoms with Crippen LogP contribution >= 0.6 is 31.9 Å². The van der Waals surface area contributed by atoms with Crippen LogP contribution in [0.4, 0.5) is 5.69 Å². The third-order valence-electron chi connectivity index (χ3n) is 3.15. The number of rotatable bonds is 4. The SMILES string of the molecule is CC(CC1CCCN1)Nc1c(Br)cccc1Br. The molecule has 2 N–H and O–H groups in total. The maximum Gasteiger partial charge on any atom is 0.0631 e. The van der Waals surface area contributed by atoms with Gasteiger partial charge in [0.25, 0.3) is 0 Å². The number of halogens is 2. The standard InChI is InChI=1S/C13H18Br2N2/c1-9(8-10-4-3-7-16-10)17-13-11(14)5-2-6-12(13)15/h2,5-6,9-10,16-17H,3-4,7-8H2,1H3. The first-order chi connectivity index (χ1) is 8.16. The van der Waals surface area contributed by atoms with E-state index in [1.807, 2.05) is 6.07 Å². The zero-order valence-corrected chi connectivity index (χ0v) is 13.1. The Bertz CT molecular complexity index is 355. The van der Waals surface area contributed by atoms with Crippen LogP contribution in [-0.4, -0.2) is 18.6 Å². The molecule has 2 rings (SSSR count). The normalized spacial score (nSPS) is 21.5. The van der Waals surface area contributed by atoms with Gasteiger partial charge in [-0.05, 0) is 76.7 Å². The summed E-state index contributed by atoms with van der Waals surface area (Å²) in [7, 11) is 0. The molecule has 0 amide bonds. The molecule has 2 nitrogen and oxygen atoms in total. The van der Waals surface area contributed by atoms with Crippen molar-refractivity contribution in [1.82, 2.24) is 5.32 Å². The zero-order chi connectivity index (χ0) is 12.3. The van der Waals surface area contributed by atoms with Crippen molar-refractivity contribution in [2.75, 3.05) is 11.9 Å². The lowest BCUT2D eigenvalue weighted by molar-refractivity contribution is 0.523. The Morgan fingerprint density at radius 2 is 2.12 bits per heavy atom. The summed E-state index contributed by atoms with van der Waals surface area (Å²) in [6, 6.07) is 7.31. The molecule has 0 aromatic heterocycles. The van der Waals surface area contributed by atoms with Crippen LogP contribution < -0.4 is 10.6 Å². The number of hydrogen-bond acceptors (Lipinski definition) is 2. The summed E-state index contributed by atoms with van der Waals surface area (Å²) in [5.41, 5.74) is 1.15. The van der Waals surface area contributed by atoms with Crippen LogP contribution in [0, 0.1) is 0 Å². The first-order valence-electron chi connectivity index (χ1n) is 6.10. The summed E-state index contributed by atoms with van der Waals surface area (Å²) in [5.74, 6) is 0. The third-order valence-corrected chi connectivity index (χ3v) is 4.48. The molecule has 1 heterocycles. The smallest absolute Gasteiger partial charge is 0.0631 e. The summed E-state index contributed by atoms with van der Waals surface area (Å²) in [6.45, 7) is 3.42. The van der Waals surface area contributed by atoms with E-state index >= 15 is 0 Å². The van der Waals surface area contributed by atoms with Crippen LogP contribution in [0.1, 0.15) is 26.2 Å². The lowest BCUT2D eigenvalue weighted by Crippen LogP contribution is -2.29. The molecule has 17 heavy (non-hydrogen) atoms. The topological polar surface area (TPSA) is 24.1 Å². The van der Waals surface area contributed by atoms with Gasteiger partial charge in [0.2, 0.25) is 0 Å². The molecule has 0 bridgehead atoms. The van der Waals surface area contributed by atoms with E-state index in [2.05, 4.69) is 61.5 Å². The highest BCUT2D eigenvalue weighted by Gasteiger charge is 2.17. The fourth-order valence-corrected chi connectivity index (χ4v) is 3.55. The van der Waals surface area contributed by atoms with Gasteiger partial charge in [-0.25, -0.2) is 0 Å². The van der Waals surface area contributed by atoms with E-state index in [4.69, 9.17) is 0 Å². The van der Waals surface area contributed by atoms with Crippen molar-refractivity contribution in [1.29, 1.82) is 0 Å². The van der Waals surface area contributed by atoms with Crippen molar-refractivity contribution in [2.24, 2.45) is 0 Å². The average molecular weight is 362 g/mol. The van der Waals surface area contributed by atoms with Gasteiger partial charge in [0.15, 0.2) is 0 Å². The Balaban J connectivity index is 1.95. The molecule has 2 atom stereocenters. The second-order valence-corrected chi connectivity index (χ2v) is 6.38. The third kappa shape index (κ3) is 3.70. The maximum atomic E-state index is 3.58. The van der Waals surface area contributed by atoms with Gasteiger partial charge in [0, 0.05) is 21.0 Å². The molecular weight excluding hydrogens is 344 g/mol. The van der Waals surface area contributed by atoms with Gasteiger partial charge in [-0.15, -0.1) is 0 Å². The summed E-state index contributed by atoms with van der Waals surface area (Å²) >= 11 is 7.16. The number of nitrogens with one attached hydrogen (secondary N) is 2. The van der Waals surface area contributed by atoms with Crippen LogP contribution in [0.3, 0.4) is 0 Å². The molecule has 1 aliphatic rings. The van der Waals surface area contributed by atoms with Crippen molar-refractivity contribution in [3.63, 3.8) is 0 Å². The van der Waals surface area contributed by atoms with Gasteiger partial charge < -0.3 is 10.6 Å². The second-order valence-electron chi connectivity index (χ2n) is 4.67. The van der Waals surface area contributed by atoms with Crippen LogP contribution in [-0.2, 0) is 0 Å². The van der Waals surface area contributed by atoms with E-state index in [1.54, 1.807) is 0 Å². The molecule has 1 aromatic rings. The van der Waals surface area contributed by atoms with E-state index < -0.39 is 0 Å². The van der Waals surface area contributed by atoms with Gasteiger partial charge in [0.1, 0.15) is 0 Å². The molecule has 0 spiro atoms. The predicted octanol–water partition coefficient (Wildman–Crippen LogP) is 4.15. The number of benzene rings is 1. The van der Waals surface area contributed by atoms with E-state index in [1.165, 1.54) is 25.8 Å². The molecule has 4 heteroatoms. The Labute approximate surface area is 120 Å². The molecule has 1 fully saturated rings. The highest BCUT2D eigenvalue weighted by molar-refractivity contribution is 9.11. The lowest BCUT2D eigenvalue weighted by atomic mass is 10.1. The Hall–Kier alpha value is -0.0600. The van der Waals surface area contributed by atoms with Crippen LogP contribution in [0.15, 0.2) is 27.1 Å². The van der Waals surface area contributed by atoms with E-state index in [-0.39, 0.29) is 0 Å². The predicted molar refractivity (Wildman–Crippen MR) is 80.6 cm³/mol. The summed E-state index contributed by atoms with van der Waals surface area (Å²) in [4.78, 5) is 0. The Morgan fingerprint density at radius 1 is 1.41 bits per heavy atom. The first kappa shape index (κ1) is 13.4. The minimum atomic E-state index is 0.473. The maximum absolute atomic E-state index is 3.58. The lowest BCUT2D eigenvalue weighted by Gasteiger charge is -2.21. The quantitative estimate of drug-likeness (QED) is 0.841. The first-order valence-corrected chi connectivity index (χ1v) is 7.69. The van der Waals surface area contributed by atoms with E-state index in [0.717, 1.165) is 14.6 Å². The minimum absolute atomic E-state index is 0.473. The molecule has 0 aliphatic carbocycles. The van der Waals surface area contributed by atoms with E-state index in [9.17, 15) is 0 Å². The number of hydrogen-bond donors (Lipinski definition) is 2. The van der Waals surface area contributed by atoms with Crippen molar-refractivity contribution >= 4 is 37.5 Å². The van der Waals surface area contributed by atoms with E-state index in [0.29, 0.717) is 12.1 Å². The second kappa shape index (κ2) is 6.21. The van der Waals surface area contributed by atoms with Crippen LogP contribution in [0.2, 0.25) is 0 Å². The van der Waals surface area contributed by atoms with Crippen LogP contribution in [0.5, 0.6) is 0 Å². The highest BCUT2D eigenvalue weighted by Crippen LogP contribution is 2.31. The van der Waals surface area contributed by atoms with Crippen molar-refractivity contribution < 1.29 is 0 Å². The molecule has 1 aromatic carbocycles. The van der Waals surface area contributed by atoms with Crippen LogP contribution in [0.25, 0.3) is 0 Å². The molecule has 1 aliphatic heterocycles. The molecule has 1 saturated heterocycles. The molecule has 94 valence electrons. The number of para-hydroxylation sites is 1. The average Bonchev–Trinajstić information content (AvgIpc) is 2.76. The summed E-state index contributed by atoms with van der Waals surface area (Å²) in [5, 5.41) is 7.11. The van der Waals surface area contributed by atoms with Gasteiger partial charge in [-0.2, -0.15) is 0 Å². The van der Waals surface area contributed by atoms with Gasteiger partial charge in [0.05, 0.1) is 5.69 Å². The summed E-state index contributed by atoms with van der Waals surface area (Å²) in [6.07, 6.45) is 3.80. The summed E-state index contributed by atoms with van der Waals surface area (Å²) < 4.78 is 2.22. The monoisotopic (exact) mass is 360 g/mol. The Kier molecular flexibility index (Phi) is 4.88. The van der Waals surface area contributed by atoms with Crippen molar-refractivity contribution in [3.05, 3.63) is 27.1 Å². The molecular formula is C13H18Br2N2. The molecule has 0 saturated carbocycles.